The fraction of sp³-hybridized carbons (Fsp3) is 0.238. The molecule has 0 spiro atoms. The smallest absolute Gasteiger partial charge is 0.228 e. The van der Waals surface area contributed by atoms with Gasteiger partial charge in [-0.3, -0.25) is 0 Å². The van der Waals surface area contributed by atoms with Crippen molar-refractivity contribution >= 4 is 30.6 Å². The predicted octanol–water partition coefficient (Wildman–Crippen LogP) is 3.39. The van der Waals surface area contributed by atoms with Gasteiger partial charge in [-0.05, 0) is 34.9 Å². The zero-order chi connectivity index (χ0) is 19.8. The van der Waals surface area contributed by atoms with Crippen molar-refractivity contribution in [3.8, 4) is 0 Å². The number of rotatable bonds is 3. The molecule has 0 bridgehead atoms. The summed E-state index contributed by atoms with van der Waals surface area (Å²) in [5.74, 6) is -0.181. The minimum absolute atomic E-state index is 0.0270. The number of hydrogen-bond acceptors (Lipinski definition) is 4. The van der Waals surface area contributed by atoms with E-state index in [9.17, 15) is 16.8 Å². The molecule has 28 heavy (non-hydrogen) atoms. The minimum Gasteiger partial charge on any atom is -0.228 e. The van der Waals surface area contributed by atoms with Crippen LogP contribution in [0.15, 0.2) is 77.7 Å². The van der Waals surface area contributed by atoms with Gasteiger partial charge in [-0.25, -0.2) is 16.8 Å². The highest BCUT2D eigenvalue weighted by molar-refractivity contribution is 7.92. The fourth-order valence-corrected chi connectivity index (χ4v) is 7.09. The van der Waals surface area contributed by atoms with Gasteiger partial charge >= 0.3 is 0 Å². The van der Waals surface area contributed by atoms with Crippen LogP contribution >= 0.6 is 0 Å². The van der Waals surface area contributed by atoms with Gasteiger partial charge in [0.1, 0.15) is 0 Å². The Morgan fingerprint density at radius 2 is 1.50 bits per heavy atom. The molecule has 1 aliphatic heterocycles. The highest BCUT2D eigenvalue weighted by Crippen LogP contribution is 2.31. The van der Waals surface area contributed by atoms with E-state index < -0.39 is 25.1 Å². The molecule has 0 aliphatic carbocycles. The number of hydrogen-bond donors (Lipinski definition) is 0. The maximum Gasteiger partial charge on any atom is 0.243 e. The van der Waals surface area contributed by atoms with E-state index >= 15 is 0 Å². The van der Waals surface area contributed by atoms with E-state index in [0.29, 0.717) is 5.56 Å². The lowest BCUT2D eigenvalue weighted by Crippen LogP contribution is -2.33. The first-order valence-electron chi connectivity index (χ1n) is 9.13. The lowest BCUT2D eigenvalue weighted by Gasteiger charge is -2.20. The van der Waals surface area contributed by atoms with Crippen molar-refractivity contribution in [1.82, 2.24) is 4.31 Å². The van der Waals surface area contributed by atoms with Gasteiger partial charge in [0, 0.05) is 13.1 Å². The molecule has 3 aromatic carbocycles. The first-order chi connectivity index (χ1) is 13.4. The van der Waals surface area contributed by atoms with Gasteiger partial charge in [0.05, 0.1) is 15.9 Å². The van der Waals surface area contributed by atoms with E-state index in [-0.39, 0.29) is 30.2 Å². The average molecular weight is 416 g/mol. The van der Waals surface area contributed by atoms with Crippen LogP contribution in [0, 0.1) is 0 Å². The van der Waals surface area contributed by atoms with Gasteiger partial charge in [0.25, 0.3) is 0 Å². The van der Waals surface area contributed by atoms with Crippen LogP contribution in [-0.2, 0) is 19.9 Å². The molecule has 0 radical (unpaired) electrons. The highest BCUT2D eigenvalue weighted by Gasteiger charge is 2.35. The SMILES string of the molecule is O=S1(=O)CCN(S(=O)(=O)c2ccc3ccccc3c2)CCC1c1ccccc1. The van der Waals surface area contributed by atoms with E-state index in [0.717, 1.165) is 10.8 Å². The van der Waals surface area contributed by atoms with E-state index in [4.69, 9.17) is 0 Å². The van der Waals surface area contributed by atoms with Crippen molar-refractivity contribution < 1.29 is 16.8 Å². The largest absolute Gasteiger partial charge is 0.243 e. The summed E-state index contributed by atoms with van der Waals surface area (Å²) in [6.45, 7) is 0.148. The molecule has 1 fully saturated rings. The third-order valence-corrected chi connectivity index (χ3v) is 9.25. The van der Waals surface area contributed by atoms with Crippen molar-refractivity contribution in [3.05, 3.63) is 78.4 Å². The number of fused-ring (bicyclic) bond motifs is 1. The second kappa shape index (κ2) is 7.31. The fourth-order valence-electron chi connectivity index (χ4n) is 3.68. The van der Waals surface area contributed by atoms with Crippen molar-refractivity contribution in [1.29, 1.82) is 0 Å². The van der Waals surface area contributed by atoms with Crippen LogP contribution in [0.2, 0.25) is 0 Å². The van der Waals surface area contributed by atoms with Crippen LogP contribution < -0.4 is 0 Å². The molecule has 0 amide bonds. The van der Waals surface area contributed by atoms with Crippen molar-refractivity contribution in [3.63, 3.8) is 0 Å². The Balaban J connectivity index is 1.65. The molecular weight excluding hydrogens is 394 g/mol. The summed E-state index contributed by atoms with van der Waals surface area (Å²) < 4.78 is 53.2. The van der Waals surface area contributed by atoms with E-state index in [1.165, 1.54) is 4.31 Å². The molecule has 0 N–H and O–H groups in total. The van der Waals surface area contributed by atoms with Gasteiger partial charge < -0.3 is 0 Å². The van der Waals surface area contributed by atoms with Crippen LogP contribution in [0.4, 0.5) is 0 Å². The van der Waals surface area contributed by atoms with E-state index in [1.54, 1.807) is 42.5 Å². The van der Waals surface area contributed by atoms with Gasteiger partial charge in [-0.15, -0.1) is 0 Å². The number of benzene rings is 3. The van der Waals surface area contributed by atoms with Crippen LogP contribution in [-0.4, -0.2) is 40.0 Å². The van der Waals surface area contributed by atoms with Crippen LogP contribution in [0.1, 0.15) is 17.2 Å². The van der Waals surface area contributed by atoms with E-state index in [2.05, 4.69) is 0 Å². The molecule has 1 heterocycles. The van der Waals surface area contributed by atoms with Gasteiger partial charge in [0.2, 0.25) is 10.0 Å². The number of sulfonamides is 1. The Kier molecular flexibility index (Phi) is 4.99. The molecule has 1 atom stereocenters. The lowest BCUT2D eigenvalue weighted by atomic mass is 10.1. The molecule has 4 rings (SSSR count). The molecule has 1 unspecified atom stereocenters. The molecule has 3 aromatic rings. The summed E-state index contributed by atoms with van der Waals surface area (Å²) in [5, 5.41) is 1.13. The Bertz CT molecular complexity index is 1210. The third-order valence-electron chi connectivity index (χ3n) is 5.23. The number of sulfone groups is 1. The van der Waals surface area contributed by atoms with Gasteiger partial charge in [-0.2, -0.15) is 4.31 Å². The summed E-state index contributed by atoms with van der Waals surface area (Å²) >= 11 is 0. The van der Waals surface area contributed by atoms with Crippen LogP contribution in [0.25, 0.3) is 10.8 Å². The summed E-state index contributed by atoms with van der Waals surface area (Å²) in [4.78, 5) is 0.196. The Morgan fingerprint density at radius 1 is 0.821 bits per heavy atom. The predicted molar refractivity (Wildman–Crippen MR) is 110 cm³/mol. The standard InChI is InChI=1S/C21H21NO4S2/c23-27(24)15-14-22(13-12-21(27)18-7-2-1-3-8-18)28(25,26)20-11-10-17-6-4-5-9-19(17)16-20/h1-11,16,21H,12-15H2. The second-order valence-corrected chi connectivity index (χ2v) is 11.2. The van der Waals surface area contributed by atoms with Crippen molar-refractivity contribution in [2.45, 2.75) is 16.6 Å². The Morgan fingerprint density at radius 3 is 2.25 bits per heavy atom. The minimum atomic E-state index is -3.76. The molecule has 7 heteroatoms. The van der Waals surface area contributed by atoms with Crippen LogP contribution in [0.3, 0.4) is 0 Å². The molecule has 0 saturated carbocycles. The lowest BCUT2D eigenvalue weighted by molar-refractivity contribution is 0.428. The summed E-state index contributed by atoms with van der Waals surface area (Å²) in [6.07, 6.45) is 0.249. The first-order valence-corrected chi connectivity index (χ1v) is 12.3. The zero-order valence-electron chi connectivity index (χ0n) is 15.2. The third kappa shape index (κ3) is 3.57. The van der Waals surface area contributed by atoms with Gasteiger partial charge in [0.15, 0.2) is 9.84 Å². The van der Waals surface area contributed by atoms with Crippen molar-refractivity contribution in [2.24, 2.45) is 0 Å². The monoisotopic (exact) mass is 415 g/mol. The quantitative estimate of drug-likeness (QED) is 0.657. The van der Waals surface area contributed by atoms with Crippen LogP contribution in [0.5, 0.6) is 0 Å². The topological polar surface area (TPSA) is 71.5 Å². The first kappa shape index (κ1) is 19.1. The van der Waals surface area contributed by atoms with E-state index in [1.807, 2.05) is 30.3 Å². The molecule has 5 nitrogen and oxygen atoms in total. The molecule has 1 aliphatic rings. The van der Waals surface area contributed by atoms with Crippen molar-refractivity contribution in [2.75, 3.05) is 18.8 Å². The normalized spacial score (nSPS) is 20.6. The molecule has 1 saturated heterocycles. The molecule has 0 aromatic heterocycles. The molecular formula is C21H21NO4S2. The summed E-state index contributed by atoms with van der Waals surface area (Å²) in [6, 6.07) is 21.6. The summed E-state index contributed by atoms with van der Waals surface area (Å²) in [5.41, 5.74) is 0.715. The average Bonchev–Trinajstić information content (AvgIpc) is 2.86. The summed E-state index contributed by atoms with van der Waals surface area (Å²) in [7, 11) is -7.19. The maximum atomic E-state index is 13.2. The second-order valence-electron chi connectivity index (χ2n) is 6.97. The zero-order valence-corrected chi connectivity index (χ0v) is 16.9. The Labute approximate surface area is 165 Å². The molecule has 146 valence electrons. The Hall–Kier alpha value is -2.22. The number of nitrogens with zero attached hydrogens (tertiary/aromatic N) is 1. The highest BCUT2D eigenvalue weighted by atomic mass is 32.2. The van der Waals surface area contributed by atoms with Gasteiger partial charge in [-0.1, -0.05) is 60.7 Å². The maximum absolute atomic E-state index is 13.2.